The van der Waals surface area contributed by atoms with Crippen LogP contribution in [0.25, 0.3) is 0 Å². The van der Waals surface area contributed by atoms with Crippen LogP contribution in [0.1, 0.15) is 30.9 Å². The molecule has 1 heterocycles. The molecule has 0 aromatic heterocycles. The molecule has 0 bridgehead atoms. The molecule has 1 aliphatic rings. The molecule has 3 N–H and O–H groups in total. The average Bonchev–Trinajstić information content (AvgIpc) is 2.77. The van der Waals surface area contributed by atoms with E-state index in [0.29, 0.717) is 18.1 Å². The molecule has 3 rings (SSSR count). The molecule has 0 spiro atoms. The van der Waals surface area contributed by atoms with E-state index < -0.39 is 0 Å². The summed E-state index contributed by atoms with van der Waals surface area (Å²) in [6, 6.07) is 11.5. The van der Waals surface area contributed by atoms with Crippen LogP contribution in [0.2, 0.25) is 0 Å². The first kappa shape index (κ1) is 23.6. The van der Waals surface area contributed by atoms with Gasteiger partial charge in [-0.1, -0.05) is 33.6 Å². The summed E-state index contributed by atoms with van der Waals surface area (Å²) in [4.78, 5) is 12.3. The second kappa shape index (κ2) is 12.1. The SMILES string of the molecule is CCOc1cc(CNCC2CCNCC2)c(Br)cc1OCC(=O)Nc1ccc(C)cc1. The summed E-state index contributed by atoms with van der Waals surface area (Å²) >= 11 is 3.64. The van der Waals surface area contributed by atoms with Crippen LogP contribution in [0, 0.1) is 12.8 Å². The van der Waals surface area contributed by atoms with Gasteiger partial charge in [0.05, 0.1) is 6.61 Å². The molecule has 1 fully saturated rings. The van der Waals surface area contributed by atoms with E-state index in [1.54, 1.807) is 0 Å². The van der Waals surface area contributed by atoms with Gasteiger partial charge in [-0.05, 0) is 82.1 Å². The number of ether oxygens (including phenoxy) is 2. The molecule has 168 valence electrons. The summed E-state index contributed by atoms with van der Waals surface area (Å²) in [6.07, 6.45) is 2.44. The second-order valence-electron chi connectivity index (χ2n) is 7.85. The minimum Gasteiger partial charge on any atom is -0.490 e. The van der Waals surface area contributed by atoms with Crippen LogP contribution >= 0.6 is 15.9 Å². The van der Waals surface area contributed by atoms with E-state index in [1.165, 1.54) is 12.8 Å². The molecular weight excluding hydrogens is 458 g/mol. The molecule has 1 aliphatic heterocycles. The molecule has 6 nitrogen and oxygen atoms in total. The van der Waals surface area contributed by atoms with Gasteiger partial charge in [-0.25, -0.2) is 0 Å². The number of piperidine rings is 1. The number of rotatable bonds is 10. The van der Waals surface area contributed by atoms with Crippen molar-refractivity contribution < 1.29 is 14.3 Å². The molecule has 0 saturated carbocycles. The Balaban J connectivity index is 1.56. The highest BCUT2D eigenvalue weighted by Gasteiger charge is 2.15. The van der Waals surface area contributed by atoms with Gasteiger partial charge in [-0.15, -0.1) is 0 Å². The Bertz CT molecular complexity index is 852. The molecule has 2 aromatic carbocycles. The number of nitrogens with one attached hydrogen (secondary N) is 3. The van der Waals surface area contributed by atoms with Gasteiger partial charge in [-0.3, -0.25) is 4.79 Å². The van der Waals surface area contributed by atoms with Crippen LogP contribution in [-0.2, 0) is 11.3 Å². The predicted molar refractivity (Wildman–Crippen MR) is 128 cm³/mol. The van der Waals surface area contributed by atoms with Gasteiger partial charge >= 0.3 is 0 Å². The topological polar surface area (TPSA) is 71.6 Å². The number of anilines is 1. The number of carbonyl (C=O) groups is 1. The number of benzene rings is 2. The van der Waals surface area contributed by atoms with Crippen molar-refractivity contribution in [3.63, 3.8) is 0 Å². The zero-order chi connectivity index (χ0) is 22.1. The van der Waals surface area contributed by atoms with Crippen molar-refractivity contribution >= 4 is 27.5 Å². The second-order valence-corrected chi connectivity index (χ2v) is 8.70. The lowest BCUT2D eigenvalue weighted by molar-refractivity contribution is -0.118. The lowest BCUT2D eigenvalue weighted by Crippen LogP contribution is -2.33. The maximum atomic E-state index is 12.3. The van der Waals surface area contributed by atoms with Crippen molar-refractivity contribution in [1.29, 1.82) is 0 Å². The van der Waals surface area contributed by atoms with Crippen molar-refractivity contribution in [2.24, 2.45) is 5.92 Å². The molecule has 31 heavy (non-hydrogen) atoms. The van der Waals surface area contributed by atoms with Crippen LogP contribution in [0.5, 0.6) is 11.5 Å². The first-order valence-electron chi connectivity index (χ1n) is 10.9. The van der Waals surface area contributed by atoms with E-state index in [9.17, 15) is 4.79 Å². The van der Waals surface area contributed by atoms with Crippen molar-refractivity contribution in [1.82, 2.24) is 10.6 Å². The zero-order valence-electron chi connectivity index (χ0n) is 18.3. The monoisotopic (exact) mass is 489 g/mol. The molecule has 1 saturated heterocycles. The Kier molecular flexibility index (Phi) is 9.18. The third-order valence-corrected chi connectivity index (χ3v) is 6.05. The molecule has 0 atom stereocenters. The maximum absolute atomic E-state index is 12.3. The zero-order valence-corrected chi connectivity index (χ0v) is 19.9. The van der Waals surface area contributed by atoms with Crippen LogP contribution in [0.15, 0.2) is 40.9 Å². The molecule has 7 heteroatoms. The van der Waals surface area contributed by atoms with Gasteiger partial charge in [0.15, 0.2) is 18.1 Å². The first-order valence-corrected chi connectivity index (χ1v) is 11.7. The summed E-state index contributed by atoms with van der Waals surface area (Å²) < 4.78 is 12.5. The largest absolute Gasteiger partial charge is 0.490 e. The van der Waals surface area contributed by atoms with Crippen LogP contribution in [-0.4, -0.2) is 38.8 Å². The fourth-order valence-corrected chi connectivity index (χ4v) is 4.03. The summed E-state index contributed by atoms with van der Waals surface area (Å²) in [5, 5.41) is 9.81. The predicted octanol–water partition coefficient (Wildman–Crippen LogP) is 4.26. The van der Waals surface area contributed by atoms with Crippen LogP contribution < -0.4 is 25.4 Å². The van der Waals surface area contributed by atoms with Crippen LogP contribution in [0.4, 0.5) is 5.69 Å². The smallest absolute Gasteiger partial charge is 0.262 e. The lowest BCUT2D eigenvalue weighted by atomic mass is 9.98. The van der Waals surface area contributed by atoms with Gasteiger partial charge in [0.1, 0.15) is 0 Å². The third kappa shape index (κ3) is 7.52. The molecular formula is C24H32BrN3O3. The van der Waals surface area contributed by atoms with Gasteiger partial charge in [0.25, 0.3) is 5.91 Å². The van der Waals surface area contributed by atoms with E-state index in [0.717, 1.165) is 53.4 Å². The standard InChI is InChI=1S/C24H32BrN3O3/c1-3-30-22-12-19(15-27-14-18-8-10-26-11-9-18)21(25)13-23(22)31-16-24(29)28-20-6-4-17(2)5-7-20/h4-7,12-13,18,26-27H,3,8-11,14-16H2,1-2H3,(H,28,29). The minimum absolute atomic E-state index is 0.0896. The quantitative estimate of drug-likeness (QED) is 0.464. The van der Waals surface area contributed by atoms with E-state index >= 15 is 0 Å². The minimum atomic E-state index is -0.213. The normalized spacial score (nSPS) is 14.3. The number of carbonyl (C=O) groups excluding carboxylic acids is 1. The van der Waals surface area contributed by atoms with Crippen molar-refractivity contribution in [2.75, 3.05) is 38.2 Å². The summed E-state index contributed by atoms with van der Waals surface area (Å²) in [5.41, 5.74) is 3.00. The molecule has 0 aliphatic carbocycles. The number of halogens is 1. The third-order valence-electron chi connectivity index (χ3n) is 5.31. The van der Waals surface area contributed by atoms with Gasteiger partial charge in [0, 0.05) is 16.7 Å². The fourth-order valence-electron chi connectivity index (χ4n) is 3.57. The van der Waals surface area contributed by atoms with E-state index in [-0.39, 0.29) is 12.5 Å². The van der Waals surface area contributed by atoms with Crippen molar-refractivity contribution in [3.8, 4) is 11.5 Å². The Labute approximate surface area is 193 Å². The fraction of sp³-hybridized carbons (Fsp3) is 0.458. The van der Waals surface area contributed by atoms with Gasteiger partial charge in [0.2, 0.25) is 0 Å². The Hall–Kier alpha value is -2.09. The molecule has 0 radical (unpaired) electrons. The highest BCUT2D eigenvalue weighted by Crippen LogP contribution is 2.34. The van der Waals surface area contributed by atoms with Gasteiger partial charge in [-0.2, -0.15) is 0 Å². The summed E-state index contributed by atoms with van der Waals surface area (Å²) in [7, 11) is 0. The average molecular weight is 490 g/mol. The van der Waals surface area contributed by atoms with E-state index in [2.05, 4.69) is 31.9 Å². The Morgan fingerprint density at radius 3 is 2.55 bits per heavy atom. The number of aryl methyl sites for hydroxylation is 1. The molecule has 2 aromatic rings. The van der Waals surface area contributed by atoms with Crippen LogP contribution in [0.3, 0.4) is 0 Å². The van der Waals surface area contributed by atoms with E-state index in [1.807, 2.05) is 50.2 Å². The van der Waals surface area contributed by atoms with E-state index in [4.69, 9.17) is 9.47 Å². The van der Waals surface area contributed by atoms with Crippen molar-refractivity contribution in [2.45, 2.75) is 33.2 Å². The Morgan fingerprint density at radius 1 is 1.13 bits per heavy atom. The first-order chi connectivity index (χ1) is 15.0. The number of hydrogen-bond donors (Lipinski definition) is 3. The summed E-state index contributed by atoms with van der Waals surface area (Å²) in [6.45, 7) is 8.35. The maximum Gasteiger partial charge on any atom is 0.262 e. The number of amides is 1. The van der Waals surface area contributed by atoms with Crippen molar-refractivity contribution in [3.05, 3.63) is 52.0 Å². The summed E-state index contributed by atoms with van der Waals surface area (Å²) in [5.74, 6) is 1.71. The highest BCUT2D eigenvalue weighted by atomic mass is 79.9. The molecule has 0 unspecified atom stereocenters. The number of hydrogen-bond acceptors (Lipinski definition) is 5. The highest BCUT2D eigenvalue weighted by molar-refractivity contribution is 9.10. The lowest BCUT2D eigenvalue weighted by Gasteiger charge is -2.23. The molecule has 1 amide bonds. The van der Waals surface area contributed by atoms with Gasteiger partial charge < -0.3 is 25.4 Å². The Morgan fingerprint density at radius 2 is 1.84 bits per heavy atom.